The molecule has 0 saturated carbocycles. The van der Waals surface area contributed by atoms with Crippen molar-refractivity contribution in [3.05, 3.63) is 96.3 Å². The predicted molar refractivity (Wildman–Crippen MR) is 139 cm³/mol. The first-order valence-corrected chi connectivity index (χ1v) is 11.9. The molecule has 3 aromatic carbocycles. The van der Waals surface area contributed by atoms with E-state index in [2.05, 4.69) is 103 Å². The highest BCUT2D eigenvalue weighted by Gasteiger charge is 2.24. The van der Waals surface area contributed by atoms with Crippen molar-refractivity contribution in [3.63, 3.8) is 0 Å². The van der Waals surface area contributed by atoms with Gasteiger partial charge >= 0.3 is 0 Å². The summed E-state index contributed by atoms with van der Waals surface area (Å²) in [4.78, 5) is 0. The summed E-state index contributed by atoms with van der Waals surface area (Å²) in [7, 11) is 0. The number of allylic oxidation sites excluding steroid dienone is 5. The number of hydrogen-bond acceptors (Lipinski definition) is 1. The van der Waals surface area contributed by atoms with Crippen molar-refractivity contribution < 1.29 is 4.42 Å². The molecular weight excluding hydrogens is 402 g/mol. The summed E-state index contributed by atoms with van der Waals surface area (Å²) in [6.07, 6.45) is 14.6. The molecule has 0 aliphatic heterocycles. The fourth-order valence-electron chi connectivity index (χ4n) is 5.67. The lowest BCUT2D eigenvalue weighted by atomic mass is 9.93. The van der Waals surface area contributed by atoms with E-state index in [0.29, 0.717) is 5.92 Å². The molecule has 0 spiro atoms. The van der Waals surface area contributed by atoms with Gasteiger partial charge in [-0.05, 0) is 31.4 Å². The van der Waals surface area contributed by atoms with Crippen molar-refractivity contribution in [2.75, 3.05) is 0 Å². The maximum atomic E-state index is 6.61. The van der Waals surface area contributed by atoms with Gasteiger partial charge in [0.2, 0.25) is 0 Å². The van der Waals surface area contributed by atoms with Crippen LogP contribution in [-0.4, -0.2) is 4.57 Å². The molecule has 0 saturated heterocycles. The monoisotopic (exact) mass is 427 g/mol. The summed E-state index contributed by atoms with van der Waals surface area (Å²) >= 11 is 0. The predicted octanol–water partition coefficient (Wildman–Crippen LogP) is 8.92. The average molecular weight is 428 g/mol. The van der Waals surface area contributed by atoms with Crippen LogP contribution in [0.4, 0.5) is 0 Å². The van der Waals surface area contributed by atoms with Gasteiger partial charge in [-0.3, -0.25) is 0 Å². The van der Waals surface area contributed by atoms with Gasteiger partial charge in [0.1, 0.15) is 11.3 Å². The molecule has 0 N–H and O–H groups in total. The van der Waals surface area contributed by atoms with Crippen LogP contribution in [0.1, 0.15) is 43.4 Å². The Bertz CT molecular complexity index is 1650. The minimum atomic E-state index is 0.407. The molecule has 33 heavy (non-hydrogen) atoms. The van der Waals surface area contributed by atoms with E-state index < -0.39 is 0 Å². The van der Waals surface area contributed by atoms with E-state index in [1.54, 1.807) is 0 Å². The summed E-state index contributed by atoms with van der Waals surface area (Å²) in [6.45, 7) is 2.25. The molecule has 0 amide bonds. The average Bonchev–Trinajstić information content (AvgIpc) is 3.42. The van der Waals surface area contributed by atoms with Gasteiger partial charge in [0.05, 0.1) is 11.0 Å². The van der Waals surface area contributed by atoms with Gasteiger partial charge in [0.15, 0.2) is 0 Å². The highest BCUT2D eigenvalue weighted by molar-refractivity contribution is 6.16. The third-order valence-corrected chi connectivity index (χ3v) is 7.22. The van der Waals surface area contributed by atoms with Crippen molar-refractivity contribution in [2.45, 2.75) is 32.1 Å². The molecule has 0 fully saturated rings. The van der Waals surface area contributed by atoms with E-state index in [1.165, 1.54) is 44.0 Å². The van der Waals surface area contributed by atoms with Crippen LogP contribution in [0.25, 0.3) is 55.7 Å². The molecule has 2 aromatic heterocycles. The Morgan fingerprint density at radius 2 is 1.61 bits per heavy atom. The largest absolute Gasteiger partial charge is 0.459 e. The second-order valence-corrected chi connectivity index (χ2v) is 9.26. The molecule has 2 nitrogen and oxygen atoms in total. The van der Waals surface area contributed by atoms with E-state index in [9.17, 15) is 0 Å². The van der Waals surface area contributed by atoms with Crippen LogP contribution in [-0.2, 0) is 0 Å². The van der Waals surface area contributed by atoms with Crippen LogP contribution in [0.2, 0.25) is 0 Å². The first-order chi connectivity index (χ1) is 16.3. The Hall–Kier alpha value is -3.78. The van der Waals surface area contributed by atoms with Crippen molar-refractivity contribution in [3.8, 4) is 11.1 Å². The number of aromatic nitrogens is 1. The minimum absolute atomic E-state index is 0.407. The second-order valence-electron chi connectivity index (χ2n) is 9.26. The summed E-state index contributed by atoms with van der Waals surface area (Å²) < 4.78 is 9.05. The third kappa shape index (κ3) is 2.67. The number of nitrogens with zero attached hydrogens (tertiary/aromatic N) is 1. The molecule has 2 heterocycles. The maximum Gasteiger partial charge on any atom is 0.142 e. The molecule has 0 bridgehead atoms. The van der Waals surface area contributed by atoms with E-state index in [0.717, 1.165) is 36.2 Å². The first-order valence-electron chi connectivity index (χ1n) is 11.9. The van der Waals surface area contributed by atoms with E-state index in [4.69, 9.17) is 4.42 Å². The number of benzene rings is 3. The standard InChI is InChI=1S/C31H25NO/c1-20-10-7-16-26-27-18-9-17-25(31(27)33-30(20)26)24-15-8-14-23-22-13-5-6-19-28(22)32(29(23)24)21-11-3-2-4-12-21/h3,5-9,11-20H,2,4,10H2,1H3. The quantitative estimate of drug-likeness (QED) is 0.275. The van der Waals surface area contributed by atoms with E-state index >= 15 is 0 Å². The number of rotatable bonds is 2. The Labute approximate surface area is 193 Å². The van der Waals surface area contributed by atoms with Crippen molar-refractivity contribution in [2.24, 2.45) is 0 Å². The zero-order valence-electron chi connectivity index (χ0n) is 18.7. The molecule has 2 aliphatic carbocycles. The zero-order chi connectivity index (χ0) is 21.9. The Balaban J connectivity index is 1.61. The molecule has 1 atom stereocenters. The van der Waals surface area contributed by atoms with E-state index in [1.807, 2.05) is 0 Å². The van der Waals surface area contributed by atoms with Crippen LogP contribution in [0, 0.1) is 0 Å². The maximum absolute atomic E-state index is 6.61. The Morgan fingerprint density at radius 1 is 0.788 bits per heavy atom. The number of furan rings is 1. The molecular formula is C31H25NO. The molecule has 5 aromatic rings. The molecule has 2 heteroatoms. The third-order valence-electron chi connectivity index (χ3n) is 7.22. The van der Waals surface area contributed by atoms with E-state index in [-0.39, 0.29) is 0 Å². The highest BCUT2D eigenvalue weighted by atomic mass is 16.3. The lowest BCUT2D eigenvalue weighted by Crippen LogP contribution is -1.98. The molecule has 0 radical (unpaired) electrons. The number of para-hydroxylation sites is 3. The van der Waals surface area contributed by atoms with Gasteiger partial charge in [0.25, 0.3) is 0 Å². The lowest BCUT2D eigenvalue weighted by Gasteiger charge is -2.14. The van der Waals surface area contributed by atoms with Gasteiger partial charge < -0.3 is 8.98 Å². The van der Waals surface area contributed by atoms with Crippen molar-refractivity contribution in [1.82, 2.24) is 4.57 Å². The second kappa shape index (κ2) is 7.11. The fourth-order valence-corrected chi connectivity index (χ4v) is 5.67. The van der Waals surface area contributed by atoms with Crippen LogP contribution >= 0.6 is 0 Å². The Morgan fingerprint density at radius 3 is 2.48 bits per heavy atom. The highest BCUT2D eigenvalue weighted by Crippen LogP contribution is 2.44. The smallest absolute Gasteiger partial charge is 0.142 e. The van der Waals surface area contributed by atoms with Crippen LogP contribution in [0.15, 0.2) is 89.4 Å². The number of hydrogen-bond donors (Lipinski definition) is 0. The topological polar surface area (TPSA) is 18.1 Å². The van der Waals surface area contributed by atoms with Crippen LogP contribution in [0.5, 0.6) is 0 Å². The fraction of sp³-hybridized carbons (Fsp3) is 0.161. The Kier molecular flexibility index (Phi) is 4.04. The SMILES string of the molecule is CC1CC=Cc2c1oc1c(-c3cccc4c5ccccc5n(C5=CCCC=C5)c34)cccc21. The van der Waals surface area contributed by atoms with Gasteiger partial charge in [-0.15, -0.1) is 0 Å². The normalized spacial score (nSPS) is 17.7. The summed E-state index contributed by atoms with van der Waals surface area (Å²) in [5.74, 6) is 1.52. The van der Waals surface area contributed by atoms with Gasteiger partial charge in [-0.2, -0.15) is 0 Å². The molecule has 1 unspecified atom stereocenters. The first kappa shape index (κ1) is 18.8. The van der Waals surface area contributed by atoms with Crippen LogP contribution in [0.3, 0.4) is 0 Å². The van der Waals surface area contributed by atoms with Crippen LogP contribution < -0.4 is 0 Å². The van der Waals surface area contributed by atoms with Crippen molar-refractivity contribution in [1.29, 1.82) is 0 Å². The van der Waals surface area contributed by atoms with Crippen molar-refractivity contribution >= 4 is 44.5 Å². The van der Waals surface area contributed by atoms with Gasteiger partial charge in [-0.25, -0.2) is 0 Å². The summed E-state index contributed by atoms with van der Waals surface area (Å²) in [6, 6.07) is 22.0. The molecule has 7 rings (SSSR count). The minimum Gasteiger partial charge on any atom is -0.459 e. The van der Waals surface area contributed by atoms with Gasteiger partial charge in [0, 0.05) is 44.5 Å². The summed E-state index contributed by atoms with van der Waals surface area (Å²) in [5, 5.41) is 3.78. The zero-order valence-corrected chi connectivity index (χ0v) is 18.7. The molecule has 2 aliphatic rings. The lowest BCUT2D eigenvalue weighted by molar-refractivity contribution is 0.504. The number of fused-ring (bicyclic) bond motifs is 6. The summed E-state index contributed by atoms with van der Waals surface area (Å²) in [5.41, 5.74) is 8.38. The van der Waals surface area contributed by atoms with Gasteiger partial charge in [-0.1, -0.05) is 85.8 Å². The molecule has 160 valence electrons.